The molecule has 0 bridgehead atoms. The molecule has 8 nitrogen and oxygen atoms in total. The summed E-state index contributed by atoms with van der Waals surface area (Å²) in [6.07, 6.45) is 1.98. The van der Waals surface area contributed by atoms with E-state index < -0.39 is 11.4 Å². The number of thiophene rings is 1. The molecule has 228 valence electrons. The maximum atomic E-state index is 13.5. The summed E-state index contributed by atoms with van der Waals surface area (Å²) in [6, 6.07) is 4.51. The largest absolute Gasteiger partial charge is 0.338 e. The van der Waals surface area contributed by atoms with Crippen LogP contribution in [-0.2, 0) is 21.4 Å². The Bertz CT molecular complexity index is 1230. The second-order valence-corrected chi connectivity index (χ2v) is 13.1. The van der Waals surface area contributed by atoms with Crippen LogP contribution in [-0.4, -0.2) is 78.9 Å². The Hall–Kier alpha value is -2.69. The number of likely N-dealkylation sites (N-methyl/N-ethyl adjacent to an activating group) is 1. The second kappa shape index (κ2) is 14.5. The zero-order chi connectivity index (χ0) is 31.1. The van der Waals surface area contributed by atoms with Gasteiger partial charge < -0.3 is 20.0 Å². The molecule has 0 saturated carbocycles. The molecule has 3 rings (SSSR count). The fourth-order valence-corrected chi connectivity index (χ4v) is 5.81. The van der Waals surface area contributed by atoms with Gasteiger partial charge in [-0.05, 0) is 75.5 Å². The molecule has 1 atom stereocenters. The van der Waals surface area contributed by atoms with Crippen molar-refractivity contribution in [3.05, 3.63) is 45.0 Å². The Balaban J connectivity index is 0.000000305. The molecule has 1 fully saturated rings. The molecule has 1 saturated heterocycles. The highest BCUT2D eigenvalue weighted by Gasteiger charge is 2.43. The predicted molar refractivity (Wildman–Crippen MR) is 168 cm³/mol. The Morgan fingerprint density at radius 2 is 1.88 bits per heavy atom. The molecule has 41 heavy (non-hydrogen) atoms. The van der Waals surface area contributed by atoms with E-state index in [0.29, 0.717) is 37.2 Å². The standard InChI is InChI=1S/C18H22ClFN2OS.C12H23N3O2/c1-6-11-13(8-7-12(20)15(11)19)21-17(23)22-16-10(2)9-14(24-16)18(3,4)5;1-5-12(2)11(17)14(7-6-13(3)4)8-9-15(12)10-16/h7-9H,6H2,1-5H3,(H2,21,22,23);10H,5-9H2,1-4H3. The van der Waals surface area contributed by atoms with Crippen molar-refractivity contribution in [3.8, 4) is 0 Å². The maximum absolute atomic E-state index is 13.5. The molecular weight excluding hydrogens is 565 g/mol. The first-order valence-corrected chi connectivity index (χ1v) is 15.1. The number of rotatable bonds is 8. The van der Waals surface area contributed by atoms with Crippen LogP contribution >= 0.6 is 22.9 Å². The summed E-state index contributed by atoms with van der Waals surface area (Å²) < 4.78 is 13.5. The third-order valence-electron chi connectivity index (χ3n) is 7.31. The zero-order valence-electron chi connectivity index (χ0n) is 25.8. The molecule has 1 unspecified atom stereocenters. The van der Waals surface area contributed by atoms with Crippen molar-refractivity contribution < 1.29 is 18.8 Å². The number of aryl methyl sites for hydroxylation is 1. The number of amides is 4. The highest BCUT2D eigenvalue weighted by molar-refractivity contribution is 7.16. The number of benzene rings is 1. The summed E-state index contributed by atoms with van der Waals surface area (Å²) in [5.74, 6) is -0.413. The molecule has 0 aliphatic carbocycles. The first-order valence-electron chi connectivity index (χ1n) is 13.9. The van der Waals surface area contributed by atoms with E-state index in [4.69, 9.17) is 11.6 Å². The van der Waals surface area contributed by atoms with Crippen molar-refractivity contribution in [1.29, 1.82) is 0 Å². The van der Waals surface area contributed by atoms with Gasteiger partial charge in [-0.15, -0.1) is 11.3 Å². The van der Waals surface area contributed by atoms with Crippen molar-refractivity contribution in [3.63, 3.8) is 0 Å². The predicted octanol–water partition coefficient (Wildman–Crippen LogP) is 6.37. The first kappa shape index (κ1) is 34.5. The minimum Gasteiger partial charge on any atom is -0.338 e. The van der Waals surface area contributed by atoms with Crippen LogP contribution in [0.5, 0.6) is 0 Å². The Kier molecular flexibility index (Phi) is 12.2. The lowest BCUT2D eigenvalue weighted by Crippen LogP contribution is -2.64. The van der Waals surface area contributed by atoms with E-state index in [1.54, 1.807) is 16.2 Å². The molecule has 2 heterocycles. The normalized spacial score (nSPS) is 17.3. The van der Waals surface area contributed by atoms with Crippen LogP contribution in [0.25, 0.3) is 0 Å². The lowest BCUT2D eigenvalue weighted by molar-refractivity contribution is -0.155. The average molecular weight is 610 g/mol. The van der Waals surface area contributed by atoms with Gasteiger partial charge in [0.25, 0.3) is 0 Å². The number of urea groups is 1. The number of halogens is 2. The lowest BCUT2D eigenvalue weighted by Gasteiger charge is -2.46. The summed E-state index contributed by atoms with van der Waals surface area (Å²) in [6.45, 7) is 16.9. The molecule has 1 aliphatic rings. The van der Waals surface area contributed by atoms with Gasteiger partial charge in [-0.1, -0.05) is 46.2 Å². The third kappa shape index (κ3) is 8.66. The molecule has 4 amide bonds. The quantitative estimate of drug-likeness (QED) is 0.341. The third-order valence-corrected chi connectivity index (χ3v) is 9.29. The molecule has 11 heteroatoms. The van der Waals surface area contributed by atoms with E-state index in [9.17, 15) is 18.8 Å². The molecule has 1 aliphatic heterocycles. The van der Waals surface area contributed by atoms with Gasteiger partial charge in [0.1, 0.15) is 11.4 Å². The van der Waals surface area contributed by atoms with Crippen molar-refractivity contribution in [2.75, 3.05) is 50.9 Å². The highest BCUT2D eigenvalue weighted by Crippen LogP contribution is 2.36. The van der Waals surface area contributed by atoms with E-state index >= 15 is 0 Å². The zero-order valence-corrected chi connectivity index (χ0v) is 27.4. The van der Waals surface area contributed by atoms with Crippen LogP contribution in [0.1, 0.15) is 64.0 Å². The van der Waals surface area contributed by atoms with Crippen LogP contribution < -0.4 is 10.6 Å². The van der Waals surface area contributed by atoms with Crippen LogP contribution in [0.3, 0.4) is 0 Å². The summed E-state index contributed by atoms with van der Waals surface area (Å²) in [5, 5.41) is 6.49. The number of carbonyl (C=O) groups is 3. The maximum Gasteiger partial charge on any atom is 0.324 e. The minimum atomic E-state index is -0.660. The molecule has 0 spiro atoms. The summed E-state index contributed by atoms with van der Waals surface area (Å²) in [4.78, 5) is 42.4. The first-order chi connectivity index (χ1) is 19.1. The fraction of sp³-hybridized carbons (Fsp3) is 0.567. The Labute approximate surface area is 253 Å². The van der Waals surface area contributed by atoms with Crippen molar-refractivity contribution >= 4 is 52.0 Å². The molecule has 2 aromatic rings. The number of piperazine rings is 1. The van der Waals surface area contributed by atoms with Gasteiger partial charge in [-0.2, -0.15) is 0 Å². The molecular formula is C30H45ClFN5O3S. The van der Waals surface area contributed by atoms with E-state index in [1.807, 2.05) is 46.7 Å². The number of carbonyl (C=O) groups excluding carboxylic acids is 3. The average Bonchev–Trinajstić information content (AvgIpc) is 3.28. The topological polar surface area (TPSA) is 85.0 Å². The monoisotopic (exact) mass is 609 g/mol. The Morgan fingerprint density at radius 3 is 2.39 bits per heavy atom. The van der Waals surface area contributed by atoms with E-state index in [-0.39, 0.29) is 22.4 Å². The van der Waals surface area contributed by atoms with Crippen LogP contribution in [0.2, 0.25) is 5.02 Å². The van der Waals surface area contributed by atoms with Crippen molar-refractivity contribution in [1.82, 2.24) is 14.7 Å². The molecule has 1 aromatic carbocycles. The van der Waals surface area contributed by atoms with Gasteiger partial charge in [-0.25, -0.2) is 9.18 Å². The molecule has 2 N–H and O–H groups in total. The molecule has 0 radical (unpaired) electrons. The van der Waals surface area contributed by atoms with E-state index in [2.05, 4.69) is 42.4 Å². The fourth-order valence-electron chi connectivity index (χ4n) is 4.39. The van der Waals surface area contributed by atoms with Gasteiger partial charge in [0, 0.05) is 36.7 Å². The summed E-state index contributed by atoms with van der Waals surface area (Å²) in [5.41, 5.74) is 1.50. The van der Waals surface area contributed by atoms with E-state index in [1.165, 1.54) is 17.0 Å². The molecule has 1 aromatic heterocycles. The van der Waals surface area contributed by atoms with Gasteiger partial charge >= 0.3 is 6.03 Å². The van der Waals surface area contributed by atoms with Crippen molar-refractivity contribution in [2.24, 2.45) is 0 Å². The van der Waals surface area contributed by atoms with Gasteiger partial charge in [0.2, 0.25) is 12.3 Å². The number of hydrogen-bond acceptors (Lipinski definition) is 5. The smallest absolute Gasteiger partial charge is 0.324 e. The second-order valence-electron chi connectivity index (χ2n) is 11.7. The number of nitrogens with one attached hydrogen (secondary N) is 2. The van der Waals surface area contributed by atoms with Gasteiger partial charge in [0.15, 0.2) is 0 Å². The van der Waals surface area contributed by atoms with Crippen LogP contribution in [0.15, 0.2) is 18.2 Å². The SMILES string of the molecule is CCC1(C)C(=O)N(CCN(C)C)CCN1C=O.CCc1c(NC(=O)Nc2sc(C(C)(C)C)cc2C)ccc(F)c1Cl. The van der Waals surface area contributed by atoms with Crippen molar-refractivity contribution in [2.45, 2.75) is 72.3 Å². The minimum absolute atomic E-state index is 0.0334. The summed E-state index contributed by atoms with van der Waals surface area (Å²) >= 11 is 7.54. The van der Waals surface area contributed by atoms with E-state index in [0.717, 1.165) is 30.1 Å². The lowest BCUT2D eigenvalue weighted by atomic mass is 9.92. The van der Waals surface area contributed by atoms with Gasteiger partial charge in [-0.3, -0.25) is 14.9 Å². The van der Waals surface area contributed by atoms with Crippen LogP contribution in [0, 0.1) is 12.7 Å². The number of nitrogens with zero attached hydrogens (tertiary/aromatic N) is 3. The Morgan fingerprint density at radius 1 is 1.22 bits per heavy atom. The number of hydrogen-bond donors (Lipinski definition) is 2. The number of anilines is 2. The van der Waals surface area contributed by atoms with Gasteiger partial charge in [0.05, 0.1) is 10.0 Å². The summed E-state index contributed by atoms with van der Waals surface area (Å²) in [7, 11) is 3.98. The van der Waals surface area contributed by atoms with Crippen LogP contribution in [0.4, 0.5) is 19.9 Å². The highest BCUT2D eigenvalue weighted by atomic mass is 35.5.